The molecule has 1 aromatic rings. The van der Waals surface area contributed by atoms with E-state index in [1.54, 1.807) is 13.8 Å². The van der Waals surface area contributed by atoms with Crippen LogP contribution >= 0.6 is 0 Å². The molecular weight excluding hydrogens is 367 g/mol. The standard InChI is InChI=1S/C18H20F3NO5/c1-9(2)27-16(26)22-6-5-17(4,15(24)25)14(23)11-7-10(3)12(8-13(11)22)18(19,20)21/h7-9H,5-6H2,1-4H3,(H,24,25)/p-1. The van der Waals surface area contributed by atoms with E-state index in [9.17, 15) is 32.7 Å². The SMILES string of the molecule is Cc1cc2c(cc1C(F)(F)F)N(C(=O)OC(C)C)CCC(C)(C(=O)[O-])C2=O. The number of carbonyl (C=O) groups is 3. The molecule has 0 saturated heterocycles. The first kappa shape index (κ1) is 20.7. The van der Waals surface area contributed by atoms with Crippen molar-refractivity contribution < 1.29 is 37.4 Å². The summed E-state index contributed by atoms with van der Waals surface area (Å²) in [5, 5.41) is 11.6. The number of anilines is 1. The van der Waals surface area contributed by atoms with Gasteiger partial charge in [-0.25, -0.2) is 4.79 Å². The van der Waals surface area contributed by atoms with Crippen LogP contribution in [0, 0.1) is 12.3 Å². The molecule has 0 aliphatic carbocycles. The zero-order valence-corrected chi connectivity index (χ0v) is 15.3. The Morgan fingerprint density at radius 2 is 1.89 bits per heavy atom. The summed E-state index contributed by atoms with van der Waals surface area (Å²) in [6.07, 6.45) is -6.55. The van der Waals surface area contributed by atoms with Crippen LogP contribution in [0.15, 0.2) is 12.1 Å². The maximum atomic E-state index is 13.3. The third-order valence-corrected chi connectivity index (χ3v) is 4.53. The zero-order valence-electron chi connectivity index (χ0n) is 15.3. The molecule has 0 bridgehead atoms. The first-order chi connectivity index (χ1) is 12.3. The number of carboxylic acid groups (broad SMARTS) is 1. The molecule has 1 aliphatic heterocycles. The molecule has 1 amide bonds. The molecule has 0 spiro atoms. The van der Waals surface area contributed by atoms with E-state index in [0.717, 1.165) is 24.8 Å². The average molecular weight is 386 g/mol. The summed E-state index contributed by atoms with van der Waals surface area (Å²) in [5.41, 5.74) is -3.87. The lowest BCUT2D eigenvalue weighted by Gasteiger charge is -2.27. The van der Waals surface area contributed by atoms with Crippen molar-refractivity contribution in [3.8, 4) is 0 Å². The minimum atomic E-state index is -4.71. The second kappa shape index (κ2) is 6.86. The number of fused-ring (bicyclic) bond motifs is 1. The molecule has 1 heterocycles. The molecule has 0 saturated carbocycles. The molecule has 1 unspecified atom stereocenters. The number of aliphatic carboxylic acids is 1. The minimum absolute atomic E-state index is 0.255. The number of halogens is 3. The first-order valence-electron chi connectivity index (χ1n) is 8.25. The van der Waals surface area contributed by atoms with Gasteiger partial charge < -0.3 is 14.6 Å². The summed E-state index contributed by atoms with van der Waals surface area (Å²) in [6.45, 7) is 5.11. The van der Waals surface area contributed by atoms with Gasteiger partial charge in [0.15, 0.2) is 5.78 Å². The second-order valence-corrected chi connectivity index (χ2v) is 6.96. The van der Waals surface area contributed by atoms with Crippen LogP contribution in [0.1, 0.15) is 48.7 Å². The number of benzene rings is 1. The van der Waals surface area contributed by atoms with Crippen molar-refractivity contribution in [1.82, 2.24) is 0 Å². The van der Waals surface area contributed by atoms with Crippen molar-refractivity contribution in [2.45, 2.75) is 46.4 Å². The monoisotopic (exact) mass is 386 g/mol. The van der Waals surface area contributed by atoms with Crippen molar-refractivity contribution in [2.24, 2.45) is 5.41 Å². The predicted octanol–water partition coefficient (Wildman–Crippen LogP) is 2.71. The van der Waals surface area contributed by atoms with E-state index in [2.05, 4.69) is 0 Å². The molecule has 0 aromatic heterocycles. The zero-order chi connectivity index (χ0) is 20.7. The van der Waals surface area contributed by atoms with Gasteiger partial charge in [0.25, 0.3) is 0 Å². The third kappa shape index (κ3) is 3.77. The van der Waals surface area contributed by atoms with Gasteiger partial charge in [-0.2, -0.15) is 13.2 Å². The van der Waals surface area contributed by atoms with E-state index in [1.165, 1.54) is 0 Å². The van der Waals surface area contributed by atoms with Crippen molar-refractivity contribution >= 4 is 23.5 Å². The van der Waals surface area contributed by atoms with Crippen LogP contribution in [0.4, 0.5) is 23.7 Å². The maximum absolute atomic E-state index is 13.3. The van der Waals surface area contributed by atoms with Gasteiger partial charge in [-0.05, 0) is 51.8 Å². The van der Waals surface area contributed by atoms with Crippen LogP contribution in [0.25, 0.3) is 0 Å². The Hall–Kier alpha value is -2.58. The van der Waals surface area contributed by atoms with Crippen LogP contribution in [0.3, 0.4) is 0 Å². The van der Waals surface area contributed by atoms with E-state index in [1.807, 2.05) is 0 Å². The Morgan fingerprint density at radius 3 is 2.37 bits per heavy atom. The number of carbonyl (C=O) groups excluding carboxylic acids is 3. The van der Waals surface area contributed by atoms with Gasteiger partial charge in [-0.15, -0.1) is 0 Å². The lowest BCUT2D eigenvalue weighted by molar-refractivity contribution is -0.315. The number of ether oxygens (including phenoxy) is 1. The van der Waals surface area contributed by atoms with Gasteiger partial charge in [0.2, 0.25) is 0 Å². The molecule has 0 N–H and O–H groups in total. The largest absolute Gasteiger partial charge is 0.549 e. The highest BCUT2D eigenvalue weighted by Gasteiger charge is 2.43. The van der Waals surface area contributed by atoms with E-state index < -0.39 is 41.1 Å². The van der Waals surface area contributed by atoms with Gasteiger partial charge in [0.05, 0.1) is 28.7 Å². The molecule has 2 rings (SSSR count). The highest BCUT2D eigenvalue weighted by Crippen LogP contribution is 2.41. The lowest BCUT2D eigenvalue weighted by atomic mass is 9.79. The van der Waals surface area contributed by atoms with Gasteiger partial charge in [0, 0.05) is 12.1 Å². The number of carboxylic acids is 1. The van der Waals surface area contributed by atoms with Crippen LogP contribution < -0.4 is 10.0 Å². The molecule has 1 aliphatic rings. The Morgan fingerprint density at radius 1 is 1.30 bits per heavy atom. The highest BCUT2D eigenvalue weighted by molar-refractivity contribution is 6.16. The quantitative estimate of drug-likeness (QED) is 0.730. The highest BCUT2D eigenvalue weighted by atomic mass is 19.4. The Kier molecular flexibility index (Phi) is 5.27. The number of hydrogen-bond acceptors (Lipinski definition) is 5. The summed E-state index contributed by atoms with van der Waals surface area (Å²) >= 11 is 0. The molecule has 1 aromatic carbocycles. The number of hydrogen-bond donors (Lipinski definition) is 0. The van der Waals surface area contributed by atoms with Crippen molar-refractivity contribution in [1.29, 1.82) is 0 Å². The summed E-state index contributed by atoms with van der Waals surface area (Å²) in [4.78, 5) is 37.7. The van der Waals surface area contributed by atoms with E-state index in [-0.39, 0.29) is 29.8 Å². The maximum Gasteiger partial charge on any atom is 0.416 e. The fourth-order valence-electron chi connectivity index (χ4n) is 2.92. The average Bonchev–Trinajstić information content (AvgIpc) is 2.62. The van der Waals surface area contributed by atoms with Crippen LogP contribution in [-0.4, -0.2) is 30.5 Å². The minimum Gasteiger partial charge on any atom is -0.549 e. The Balaban J connectivity index is 2.73. The summed E-state index contributed by atoms with van der Waals surface area (Å²) in [5.74, 6) is -2.57. The van der Waals surface area contributed by atoms with Gasteiger partial charge >= 0.3 is 12.3 Å². The third-order valence-electron chi connectivity index (χ3n) is 4.53. The van der Waals surface area contributed by atoms with Crippen LogP contribution in [0.5, 0.6) is 0 Å². The van der Waals surface area contributed by atoms with E-state index in [0.29, 0.717) is 6.07 Å². The normalized spacial score (nSPS) is 20.3. The summed E-state index contributed by atoms with van der Waals surface area (Å²) < 4.78 is 45.0. The van der Waals surface area contributed by atoms with E-state index >= 15 is 0 Å². The van der Waals surface area contributed by atoms with Crippen molar-refractivity contribution in [2.75, 3.05) is 11.4 Å². The molecule has 0 radical (unpaired) electrons. The van der Waals surface area contributed by atoms with Gasteiger partial charge in [-0.3, -0.25) is 9.69 Å². The molecule has 148 valence electrons. The topological polar surface area (TPSA) is 86.7 Å². The Bertz CT molecular complexity index is 803. The molecule has 9 heteroatoms. The van der Waals surface area contributed by atoms with Gasteiger partial charge in [0.1, 0.15) is 0 Å². The predicted molar refractivity (Wildman–Crippen MR) is 87.2 cm³/mol. The number of ketones is 1. The Labute approximate surface area is 153 Å². The van der Waals surface area contributed by atoms with Crippen LogP contribution in [0.2, 0.25) is 0 Å². The lowest BCUT2D eigenvalue weighted by Crippen LogP contribution is -2.46. The summed E-state index contributed by atoms with van der Waals surface area (Å²) in [7, 11) is 0. The van der Waals surface area contributed by atoms with Gasteiger partial charge in [-0.1, -0.05) is 0 Å². The molecular formula is C18H19F3NO5-. The van der Waals surface area contributed by atoms with Crippen molar-refractivity contribution in [3.05, 3.63) is 28.8 Å². The molecule has 6 nitrogen and oxygen atoms in total. The summed E-state index contributed by atoms with van der Waals surface area (Å²) in [6, 6.07) is 1.65. The van der Waals surface area contributed by atoms with E-state index in [4.69, 9.17) is 4.74 Å². The van der Waals surface area contributed by atoms with Crippen LogP contribution in [-0.2, 0) is 15.7 Å². The fraction of sp³-hybridized carbons (Fsp3) is 0.500. The number of nitrogens with zero attached hydrogens (tertiary/aromatic N) is 1. The smallest absolute Gasteiger partial charge is 0.416 e. The number of alkyl halides is 3. The number of amides is 1. The fourth-order valence-corrected chi connectivity index (χ4v) is 2.92. The first-order valence-corrected chi connectivity index (χ1v) is 8.25. The van der Waals surface area contributed by atoms with Crippen molar-refractivity contribution in [3.63, 3.8) is 0 Å². The number of aryl methyl sites for hydroxylation is 1. The second-order valence-electron chi connectivity index (χ2n) is 6.96. The molecule has 1 atom stereocenters. The number of Topliss-reactive ketones (excluding diaryl/α,β-unsaturated/α-hetero) is 1. The molecule has 0 fully saturated rings. The molecule has 27 heavy (non-hydrogen) atoms. The number of rotatable bonds is 2.